The molecule has 1 saturated heterocycles. The molecule has 1 aliphatic heterocycles. The molecule has 11 heteroatoms. The SMILES string of the molecule is [B]c1cccc(Nc2ncnc3ccc(NC(=O)C=C4CCN(C(=O)CNCCOCCO)CC4)cc23)c1. The van der Waals surface area contributed by atoms with Gasteiger partial charge in [-0.2, -0.15) is 0 Å². The molecule has 38 heavy (non-hydrogen) atoms. The summed E-state index contributed by atoms with van der Waals surface area (Å²) in [4.78, 5) is 35.6. The number of benzene rings is 2. The van der Waals surface area contributed by atoms with Gasteiger partial charge in [-0.05, 0) is 43.2 Å². The number of aliphatic hydroxyl groups is 1. The van der Waals surface area contributed by atoms with Crippen LogP contribution in [0.2, 0.25) is 0 Å². The number of amides is 2. The van der Waals surface area contributed by atoms with E-state index in [1.54, 1.807) is 17.0 Å². The van der Waals surface area contributed by atoms with Crippen LogP contribution in [0.15, 0.2) is 60.4 Å². The number of carbonyl (C=O) groups excluding carboxylic acids is 2. The van der Waals surface area contributed by atoms with Crippen molar-refractivity contribution in [1.82, 2.24) is 20.2 Å². The second kappa shape index (κ2) is 13.7. The van der Waals surface area contributed by atoms with Crippen LogP contribution in [-0.4, -0.2) is 85.6 Å². The van der Waals surface area contributed by atoms with Crippen LogP contribution in [0.25, 0.3) is 10.9 Å². The third-order valence-corrected chi connectivity index (χ3v) is 6.08. The van der Waals surface area contributed by atoms with Gasteiger partial charge in [-0.3, -0.25) is 9.59 Å². The van der Waals surface area contributed by atoms with Gasteiger partial charge in [0.25, 0.3) is 0 Å². The molecule has 1 aromatic heterocycles. The van der Waals surface area contributed by atoms with Crippen LogP contribution in [0.5, 0.6) is 0 Å². The molecule has 2 amide bonds. The van der Waals surface area contributed by atoms with Crippen LogP contribution < -0.4 is 21.4 Å². The van der Waals surface area contributed by atoms with Crippen LogP contribution in [0.3, 0.4) is 0 Å². The predicted molar refractivity (Wildman–Crippen MR) is 148 cm³/mol. The Kier molecular flexibility index (Phi) is 9.80. The molecule has 0 bridgehead atoms. The van der Waals surface area contributed by atoms with Crippen LogP contribution >= 0.6 is 0 Å². The maximum absolute atomic E-state index is 12.7. The van der Waals surface area contributed by atoms with Gasteiger partial charge >= 0.3 is 0 Å². The normalized spacial score (nSPS) is 13.4. The van der Waals surface area contributed by atoms with Crippen molar-refractivity contribution in [2.75, 3.05) is 56.6 Å². The van der Waals surface area contributed by atoms with Gasteiger partial charge < -0.3 is 30.7 Å². The summed E-state index contributed by atoms with van der Waals surface area (Å²) >= 11 is 0. The van der Waals surface area contributed by atoms with E-state index >= 15 is 0 Å². The average Bonchev–Trinajstić information content (AvgIpc) is 2.91. The predicted octanol–water partition coefficient (Wildman–Crippen LogP) is 1.25. The van der Waals surface area contributed by atoms with E-state index in [1.165, 1.54) is 6.33 Å². The number of nitrogens with one attached hydrogen (secondary N) is 3. The molecule has 1 aliphatic rings. The minimum Gasteiger partial charge on any atom is -0.394 e. The van der Waals surface area contributed by atoms with E-state index in [0.29, 0.717) is 62.7 Å². The summed E-state index contributed by atoms with van der Waals surface area (Å²) in [5.74, 6) is 0.418. The zero-order valence-electron chi connectivity index (χ0n) is 21.2. The quantitative estimate of drug-likeness (QED) is 0.171. The third-order valence-electron chi connectivity index (χ3n) is 6.08. The Morgan fingerprint density at radius 3 is 2.71 bits per heavy atom. The number of rotatable bonds is 11. The number of piperidine rings is 1. The monoisotopic (exact) mass is 514 g/mol. The highest BCUT2D eigenvalue weighted by atomic mass is 16.5. The summed E-state index contributed by atoms with van der Waals surface area (Å²) in [6, 6.07) is 12.9. The van der Waals surface area contributed by atoms with Gasteiger partial charge in [-0.1, -0.05) is 23.2 Å². The second-order valence-corrected chi connectivity index (χ2v) is 8.89. The molecule has 0 saturated carbocycles. The maximum atomic E-state index is 12.7. The number of likely N-dealkylation sites (tertiary alicyclic amines) is 1. The van der Waals surface area contributed by atoms with Gasteiger partial charge in [-0.25, -0.2) is 9.97 Å². The fraction of sp³-hybridized carbons (Fsp3) is 0.333. The van der Waals surface area contributed by atoms with E-state index in [9.17, 15) is 9.59 Å². The van der Waals surface area contributed by atoms with Crippen molar-refractivity contribution in [3.8, 4) is 0 Å². The summed E-state index contributed by atoms with van der Waals surface area (Å²) in [7, 11) is 5.88. The van der Waals surface area contributed by atoms with E-state index in [1.807, 2.05) is 36.4 Å². The molecule has 3 aromatic rings. The Labute approximate surface area is 222 Å². The Bertz CT molecular complexity index is 1290. The van der Waals surface area contributed by atoms with Gasteiger partial charge in [0, 0.05) is 42.5 Å². The van der Waals surface area contributed by atoms with Crippen molar-refractivity contribution in [3.63, 3.8) is 0 Å². The number of hydrogen-bond donors (Lipinski definition) is 4. The summed E-state index contributed by atoms with van der Waals surface area (Å²) in [5, 5.41) is 18.7. The van der Waals surface area contributed by atoms with Gasteiger partial charge in [0.15, 0.2) is 0 Å². The lowest BCUT2D eigenvalue weighted by molar-refractivity contribution is -0.130. The van der Waals surface area contributed by atoms with Crippen molar-refractivity contribution in [2.24, 2.45) is 0 Å². The number of hydrogen-bond acceptors (Lipinski definition) is 8. The Hall–Kier alpha value is -3.80. The summed E-state index contributed by atoms with van der Waals surface area (Å²) in [6.45, 7) is 2.66. The first-order valence-corrected chi connectivity index (χ1v) is 12.6. The highest BCUT2D eigenvalue weighted by Gasteiger charge is 2.19. The lowest BCUT2D eigenvalue weighted by Gasteiger charge is -2.28. The Morgan fingerprint density at radius 2 is 1.92 bits per heavy atom. The number of carbonyl (C=O) groups is 2. The molecule has 0 unspecified atom stereocenters. The lowest BCUT2D eigenvalue weighted by atomic mass is 9.96. The number of aromatic nitrogens is 2. The molecule has 4 N–H and O–H groups in total. The molecule has 2 radical (unpaired) electrons. The number of nitrogens with zero attached hydrogens (tertiary/aromatic N) is 3. The topological polar surface area (TPSA) is 129 Å². The van der Waals surface area contributed by atoms with E-state index in [0.717, 1.165) is 22.2 Å². The first-order valence-electron chi connectivity index (χ1n) is 12.6. The van der Waals surface area contributed by atoms with E-state index in [-0.39, 0.29) is 25.0 Å². The smallest absolute Gasteiger partial charge is 0.248 e. The van der Waals surface area contributed by atoms with Crippen molar-refractivity contribution >= 4 is 53.2 Å². The van der Waals surface area contributed by atoms with Gasteiger partial charge in [0.05, 0.1) is 31.9 Å². The number of fused-ring (bicyclic) bond motifs is 1. The summed E-state index contributed by atoms with van der Waals surface area (Å²) in [5.41, 5.74) is 3.82. The fourth-order valence-electron chi connectivity index (χ4n) is 4.16. The van der Waals surface area contributed by atoms with Crippen molar-refractivity contribution < 1.29 is 19.4 Å². The molecule has 0 atom stereocenters. The first kappa shape index (κ1) is 27.2. The molecular formula is C27H31BN6O4. The largest absolute Gasteiger partial charge is 0.394 e. The minimum atomic E-state index is -0.217. The van der Waals surface area contributed by atoms with E-state index < -0.39 is 0 Å². The zero-order valence-corrected chi connectivity index (χ0v) is 21.2. The highest BCUT2D eigenvalue weighted by molar-refractivity contribution is 6.32. The third kappa shape index (κ3) is 7.85. The van der Waals surface area contributed by atoms with Crippen molar-refractivity contribution in [3.05, 3.63) is 60.4 Å². The lowest BCUT2D eigenvalue weighted by Crippen LogP contribution is -2.42. The standard InChI is InChI=1S/C27H31BN6O4/c28-20-2-1-3-21(15-20)33-27-23-16-22(4-5-24(23)30-18-31-27)32-25(36)14-19-6-9-34(10-7-19)26(37)17-29-8-12-38-13-11-35/h1-5,14-16,18,29,35H,6-13,17H2,(H,32,36)(H,30,31,33). The number of anilines is 3. The van der Waals surface area contributed by atoms with Crippen molar-refractivity contribution in [1.29, 1.82) is 0 Å². The molecule has 10 nitrogen and oxygen atoms in total. The van der Waals surface area contributed by atoms with Crippen molar-refractivity contribution in [2.45, 2.75) is 12.8 Å². The zero-order chi connectivity index (χ0) is 26.7. The van der Waals surface area contributed by atoms with Crippen LogP contribution in [-0.2, 0) is 14.3 Å². The molecular weight excluding hydrogens is 483 g/mol. The van der Waals surface area contributed by atoms with Gasteiger partial charge in [0.1, 0.15) is 20.0 Å². The molecule has 0 spiro atoms. The highest BCUT2D eigenvalue weighted by Crippen LogP contribution is 2.26. The van der Waals surface area contributed by atoms with Crippen LogP contribution in [0.4, 0.5) is 17.2 Å². The number of ether oxygens (including phenoxy) is 1. The van der Waals surface area contributed by atoms with Crippen LogP contribution in [0, 0.1) is 0 Å². The van der Waals surface area contributed by atoms with Gasteiger partial charge in [0.2, 0.25) is 11.8 Å². The Balaban J connectivity index is 1.30. The fourth-order valence-corrected chi connectivity index (χ4v) is 4.16. The van der Waals surface area contributed by atoms with Crippen LogP contribution in [0.1, 0.15) is 12.8 Å². The maximum Gasteiger partial charge on any atom is 0.248 e. The number of aliphatic hydroxyl groups excluding tert-OH is 1. The molecule has 4 rings (SSSR count). The molecule has 2 aromatic carbocycles. The van der Waals surface area contributed by atoms with E-state index in [4.69, 9.17) is 17.7 Å². The average molecular weight is 514 g/mol. The van der Waals surface area contributed by atoms with Gasteiger partial charge in [-0.15, -0.1) is 0 Å². The Morgan fingerprint density at radius 1 is 1.08 bits per heavy atom. The molecule has 1 fully saturated rings. The second-order valence-electron chi connectivity index (χ2n) is 8.89. The summed E-state index contributed by atoms with van der Waals surface area (Å²) in [6.07, 6.45) is 4.41. The first-order chi connectivity index (χ1) is 18.5. The minimum absolute atomic E-state index is 0.0127. The molecule has 0 aliphatic carbocycles. The van der Waals surface area contributed by atoms with E-state index in [2.05, 4.69) is 25.9 Å². The molecule has 2 heterocycles. The summed E-state index contributed by atoms with van der Waals surface area (Å²) < 4.78 is 5.16. The molecule has 196 valence electrons.